The molecule has 0 amide bonds. The van der Waals surface area contributed by atoms with Crippen molar-refractivity contribution in [3.8, 4) is 0 Å². The van der Waals surface area contributed by atoms with Crippen LogP contribution in [-0.4, -0.2) is 63.9 Å². The first kappa shape index (κ1) is 13.4. The van der Waals surface area contributed by atoms with Crippen LogP contribution in [0.4, 0.5) is 0 Å². The van der Waals surface area contributed by atoms with Crippen molar-refractivity contribution in [3.63, 3.8) is 0 Å². The number of aliphatic carboxylic acids is 1. The molecule has 3 nitrogen and oxygen atoms in total. The molecule has 0 heterocycles. The summed E-state index contributed by atoms with van der Waals surface area (Å²) in [5, 5.41) is 16.8. The van der Waals surface area contributed by atoms with Gasteiger partial charge in [0.05, 0.1) is 0 Å². The van der Waals surface area contributed by atoms with Crippen molar-refractivity contribution < 1.29 is 15.0 Å². The summed E-state index contributed by atoms with van der Waals surface area (Å²) in [6.07, 6.45) is 1.02. The predicted molar refractivity (Wildman–Crippen MR) is 43.8 cm³/mol. The minimum atomic E-state index is -1.18. The quantitative estimate of drug-likeness (QED) is 0.566. The number of carbonyl (C=O) groups is 1. The van der Waals surface area contributed by atoms with E-state index in [1.54, 1.807) is 0 Å². The molecule has 0 aromatic rings. The van der Waals surface area contributed by atoms with E-state index in [9.17, 15) is 4.79 Å². The monoisotopic (exact) mass is 174 g/mol. The number of aliphatic hydroxyl groups is 1. The first-order valence-corrected chi connectivity index (χ1v) is 3.97. The van der Waals surface area contributed by atoms with Crippen molar-refractivity contribution in [2.75, 3.05) is 12.0 Å². The van der Waals surface area contributed by atoms with Crippen molar-refractivity contribution in [1.82, 2.24) is 0 Å². The summed E-state index contributed by atoms with van der Waals surface area (Å²) < 4.78 is 0. The average Bonchev–Trinajstić information content (AvgIpc) is 1.82. The Balaban J connectivity index is 0. The maximum atomic E-state index is 9.95. The number of aliphatic hydroxyl groups excluding tert-OH is 1. The van der Waals surface area contributed by atoms with Crippen molar-refractivity contribution >= 4 is 47.3 Å². The van der Waals surface area contributed by atoms with E-state index < -0.39 is 12.1 Å². The molecule has 1 atom stereocenters. The van der Waals surface area contributed by atoms with Gasteiger partial charge in [-0.1, -0.05) is 0 Å². The Bertz CT molecular complexity index is 98.9. The van der Waals surface area contributed by atoms with Gasteiger partial charge in [0, 0.05) is 0 Å². The molecule has 0 spiro atoms. The Labute approximate surface area is 86.5 Å². The van der Waals surface area contributed by atoms with Crippen LogP contribution in [-0.2, 0) is 4.79 Å². The number of hydrogen-bond acceptors (Lipinski definition) is 3. The van der Waals surface area contributed by atoms with Crippen molar-refractivity contribution in [1.29, 1.82) is 0 Å². The molecular weight excluding hydrogens is 163 g/mol. The summed E-state index contributed by atoms with van der Waals surface area (Å²) in [4.78, 5) is 9.95. The first-order valence-electron chi connectivity index (χ1n) is 2.58. The fourth-order valence-corrected chi connectivity index (χ4v) is 0.812. The number of hydrogen-bond donors (Lipinski definition) is 2. The van der Waals surface area contributed by atoms with Crippen LogP contribution in [0.15, 0.2) is 0 Å². The molecule has 0 saturated carbocycles. The van der Waals surface area contributed by atoms with Gasteiger partial charge >= 0.3 is 35.5 Å². The minimum absolute atomic E-state index is 0. The van der Waals surface area contributed by atoms with Crippen LogP contribution in [0.1, 0.15) is 6.42 Å². The van der Waals surface area contributed by atoms with Gasteiger partial charge in [-0.3, -0.25) is 0 Å². The number of rotatable bonds is 4. The molecule has 0 aromatic heterocycles. The molecule has 0 aromatic carbocycles. The van der Waals surface area contributed by atoms with Gasteiger partial charge in [0.2, 0.25) is 0 Å². The Kier molecular flexibility index (Phi) is 10.5. The van der Waals surface area contributed by atoms with Gasteiger partial charge in [0.1, 0.15) is 0 Å². The molecule has 0 rings (SSSR count). The van der Waals surface area contributed by atoms with Crippen LogP contribution < -0.4 is 0 Å². The third kappa shape index (κ3) is 6.89. The van der Waals surface area contributed by atoms with Gasteiger partial charge in [-0.05, 0) is 18.4 Å². The summed E-state index contributed by atoms with van der Waals surface area (Å²) in [7, 11) is 0. The topological polar surface area (TPSA) is 57.5 Å². The van der Waals surface area contributed by atoms with Crippen LogP contribution >= 0.6 is 11.8 Å². The molecule has 10 heavy (non-hydrogen) atoms. The van der Waals surface area contributed by atoms with E-state index in [0.717, 1.165) is 0 Å². The molecule has 0 radical (unpaired) electrons. The number of thioether (sulfide) groups is 1. The zero-order valence-corrected chi connectivity index (χ0v) is 6.02. The third-order valence-electron chi connectivity index (χ3n) is 0.880. The van der Waals surface area contributed by atoms with Gasteiger partial charge in [0.25, 0.3) is 0 Å². The Morgan fingerprint density at radius 2 is 2.20 bits per heavy atom. The fourth-order valence-electron chi connectivity index (χ4n) is 0.353. The number of carboxylic acids is 1. The second-order valence-corrected chi connectivity index (χ2v) is 2.62. The molecule has 0 bridgehead atoms. The summed E-state index contributed by atoms with van der Waals surface area (Å²) in [6, 6.07) is 0. The Hall–Kier alpha value is 0.780. The van der Waals surface area contributed by atoms with E-state index >= 15 is 0 Å². The molecule has 0 aliphatic heterocycles. The zero-order valence-electron chi connectivity index (χ0n) is 5.20. The SMILES string of the molecule is CSCC[C@H](O)C(=O)O.[NaH]. The second kappa shape index (κ2) is 7.88. The van der Waals surface area contributed by atoms with Gasteiger partial charge in [-0.15, -0.1) is 0 Å². The molecular formula is C5H11NaO3S. The van der Waals surface area contributed by atoms with Crippen LogP contribution in [0.25, 0.3) is 0 Å². The van der Waals surface area contributed by atoms with E-state index in [1.165, 1.54) is 11.8 Å². The molecule has 0 unspecified atom stereocenters. The van der Waals surface area contributed by atoms with E-state index in [0.29, 0.717) is 12.2 Å². The summed E-state index contributed by atoms with van der Waals surface area (Å²) in [6.45, 7) is 0. The van der Waals surface area contributed by atoms with E-state index in [2.05, 4.69) is 0 Å². The molecule has 2 N–H and O–H groups in total. The van der Waals surface area contributed by atoms with Gasteiger partial charge < -0.3 is 10.2 Å². The van der Waals surface area contributed by atoms with Crippen LogP contribution in [0.5, 0.6) is 0 Å². The maximum absolute atomic E-state index is 9.95. The van der Waals surface area contributed by atoms with E-state index in [1.807, 2.05) is 6.26 Å². The van der Waals surface area contributed by atoms with Crippen LogP contribution in [0.3, 0.4) is 0 Å². The molecule has 0 aliphatic carbocycles. The molecule has 0 fully saturated rings. The predicted octanol–water partition coefficient (Wildman–Crippen LogP) is -0.464. The number of carboxylic acid groups (broad SMARTS) is 1. The fraction of sp³-hybridized carbons (Fsp3) is 0.800. The standard InChI is InChI=1S/C5H10O3S.Na.H/c1-9-3-2-4(6)5(7)8;;/h4,6H,2-3H2,1H3,(H,7,8);;/t4-;;/m0../s1. The van der Waals surface area contributed by atoms with E-state index in [-0.39, 0.29) is 29.6 Å². The van der Waals surface area contributed by atoms with E-state index in [4.69, 9.17) is 10.2 Å². The second-order valence-electron chi connectivity index (χ2n) is 1.64. The molecule has 56 valence electrons. The Morgan fingerprint density at radius 3 is 2.50 bits per heavy atom. The third-order valence-corrected chi connectivity index (χ3v) is 1.52. The summed E-state index contributed by atoms with van der Waals surface area (Å²) in [5.74, 6) is -0.447. The average molecular weight is 174 g/mol. The van der Waals surface area contributed by atoms with Crippen molar-refractivity contribution in [2.45, 2.75) is 12.5 Å². The normalized spacial score (nSPS) is 11.8. The first-order chi connectivity index (χ1) is 4.18. The molecule has 5 heteroatoms. The van der Waals surface area contributed by atoms with Crippen molar-refractivity contribution in [3.05, 3.63) is 0 Å². The Morgan fingerprint density at radius 1 is 1.70 bits per heavy atom. The van der Waals surface area contributed by atoms with Crippen LogP contribution in [0, 0.1) is 0 Å². The van der Waals surface area contributed by atoms with Crippen LogP contribution in [0.2, 0.25) is 0 Å². The summed E-state index contributed by atoms with van der Waals surface area (Å²) in [5.41, 5.74) is 0. The van der Waals surface area contributed by atoms with Gasteiger partial charge in [-0.25, -0.2) is 4.79 Å². The molecule has 0 aliphatic rings. The van der Waals surface area contributed by atoms with Gasteiger partial charge in [-0.2, -0.15) is 11.8 Å². The zero-order chi connectivity index (χ0) is 7.28. The van der Waals surface area contributed by atoms with Crippen molar-refractivity contribution in [2.24, 2.45) is 0 Å². The molecule has 0 saturated heterocycles. The summed E-state index contributed by atoms with van der Waals surface area (Å²) >= 11 is 1.52. The van der Waals surface area contributed by atoms with Gasteiger partial charge in [0.15, 0.2) is 6.10 Å².